The molecule has 7 rings (SSSR count). The van der Waals surface area contributed by atoms with Gasteiger partial charge < -0.3 is 9.64 Å². The Hall–Kier alpha value is -2.88. The van der Waals surface area contributed by atoms with Gasteiger partial charge in [0.05, 0.1) is 10.0 Å². The van der Waals surface area contributed by atoms with Crippen LogP contribution in [0.4, 0.5) is 14.6 Å². The van der Waals surface area contributed by atoms with Crippen molar-refractivity contribution < 1.29 is 13.5 Å². The number of hydrogen-bond donors (Lipinski definition) is 0. The smallest absolute Gasteiger partial charge is 0.319 e. The van der Waals surface area contributed by atoms with Crippen LogP contribution in [0.5, 0.6) is 6.01 Å². The summed E-state index contributed by atoms with van der Waals surface area (Å²) < 4.78 is 36.4. The molecule has 4 aliphatic heterocycles. The van der Waals surface area contributed by atoms with Crippen molar-refractivity contribution in [1.82, 2.24) is 19.8 Å². The standard InChI is InChI=1S/C32H34BrF2N5O/c1-20-15-32(12-7-13-39(32)16-20)19-41-30-36-28-24(14-25(34)26(33)27(28)35)29(37-30)38-17-22-10-11-23(18-38)40(22)31(2,3)21-8-5-4-6-9-21/h4-6,8-11,14,22-23H,1,7,12-13,15-19H2,2-3H3. The van der Waals surface area contributed by atoms with E-state index in [1.54, 1.807) is 0 Å². The van der Waals surface area contributed by atoms with E-state index in [-0.39, 0.29) is 39.2 Å². The van der Waals surface area contributed by atoms with Crippen LogP contribution in [-0.2, 0) is 5.54 Å². The first kappa shape index (κ1) is 27.0. The number of aromatic nitrogens is 2. The zero-order valence-corrected chi connectivity index (χ0v) is 25.0. The Morgan fingerprint density at radius 1 is 1.12 bits per heavy atom. The molecule has 214 valence electrons. The van der Waals surface area contributed by atoms with E-state index in [4.69, 9.17) is 9.72 Å². The quantitative estimate of drug-likeness (QED) is 0.241. The average molecular weight is 623 g/mol. The summed E-state index contributed by atoms with van der Waals surface area (Å²) in [6.07, 6.45) is 7.50. The van der Waals surface area contributed by atoms with E-state index in [0.717, 1.165) is 32.4 Å². The number of rotatable bonds is 6. The number of nitrogens with zero attached hydrogens (tertiary/aromatic N) is 5. The first-order valence-corrected chi connectivity index (χ1v) is 15.1. The SMILES string of the molecule is C=C1CN2CCCC2(COc2nc(N3CC4C=CC(C3)N4C(C)(C)c3ccccc3)c3cc(F)c(Br)c(F)c3n2)C1. The van der Waals surface area contributed by atoms with Gasteiger partial charge in [-0.05, 0) is 67.2 Å². The molecule has 2 aromatic carbocycles. The van der Waals surface area contributed by atoms with E-state index in [1.807, 2.05) is 6.07 Å². The molecule has 1 aromatic heterocycles. The lowest BCUT2D eigenvalue weighted by Crippen LogP contribution is -2.60. The Balaban J connectivity index is 1.23. The molecule has 5 heterocycles. The average Bonchev–Trinajstić information content (AvgIpc) is 3.58. The topological polar surface area (TPSA) is 44.7 Å². The predicted octanol–water partition coefficient (Wildman–Crippen LogP) is 6.21. The molecule has 3 atom stereocenters. The van der Waals surface area contributed by atoms with E-state index in [9.17, 15) is 4.39 Å². The molecule has 3 fully saturated rings. The van der Waals surface area contributed by atoms with Crippen LogP contribution in [0.2, 0.25) is 0 Å². The maximum absolute atomic E-state index is 15.5. The van der Waals surface area contributed by atoms with Crippen LogP contribution >= 0.6 is 15.9 Å². The van der Waals surface area contributed by atoms with E-state index in [2.05, 4.69) is 92.5 Å². The molecule has 6 nitrogen and oxygen atoms in total. The summed E-state index contributed by atoms with van der Waals surface area (Å²) in [5.41, 5.74) is 2.20. The molecule has 0 N–H and O–H groups in total. The number of fused-ring (bicyclic) bond motifs is 4. The van der Waals surface area contributed by atoms with Crippen molar-refractivity contribution in [2.45, 2.75) is 56.3 Å². The van der Waals surface area contributed by atoms with Gasteiger partial charge in [0.15, 0.2) is 5.82 Å². The summed E-state index contributed by atoms with van der Waals surface area (Å²) in [4.78, 5) is 16.4. The zero-order chi connectivity index (χ0) is 28.5. The van der Waals surface area contributed by atoms with Crippen molar-refractivity contribution in [3.8, 4) is 6.01 Å². The lowest BCUT2D eigenvalue weighted by Gasteiger charge is -2.50. The van der Waals surface area contributed by atoms with E-state index in [1.165, 1.54) is 17.2 Å². The summed E-state index contributed by atoms with van der Waals surface area (Å²) >= 11 is 3.06. The molecule has 3 saturated heterocycles. The normalized spacial score (nSPS) is 26.4. The van der Waals surface area contributed by atoms with Gasteiger partial charge >= 0.3 is 6.01 Å². The van der Waals surface area contributed by atoms with Gasteiger partial charge in [-0.1, -0.05) is 54.6 Å². The van der Waals surface area contributed by atoms with Gasteiger partial charge in [0.1, 0.15) is 23.8 Å². The van der Waals surface area contributed by atoms with Gasteiger partial charge in [0, 0.05) is 42.6 Å². The van der Waals surface area contributed by atoms with E-state index < -0.39 is 11.6 Å². The van der Waals surface area contributed by atoms with Gasteiger partial charge in [-0.2, -0.15) is 9.97 Å². The Morgan fingerprint density at radius 3 is 2.59 bits per heavy atom. The third-order valence-electron chi connectivity index (χ3n) is 9.50. The first-order valence-electron chi connectivity index (χ1n) is 14.3. The Labute approximate surface area is 247 Å². The third kappa shape index (κ3) is 4.39. The van der Waals surface area contributed by atoms with Crippen LogP contribution in [0.3, 0.4) is 0 Å². The van der Waals surface area contributed by atoms with Gasteiger partial charge in [-0.3, -0.25) is 9.80 Å². The van der Waals surface area contributed by atoms with Crippen molar-refractivity contribution in [3.63, 3.8) is 0 Å². The summed E-state index contributed by atoms with van der Waals surface area (Å²) in [6.45, 7) is 12.3. The summed E-state index contributed by atoms with van der Waals surface area (Å²) in [5.74, 6) is -0.917. The highest BCUT2D eigenvalue weighted by Gasteiger charge is 2.47. The molecule has 0 spiro atoms. The van der Waals surface area contributed by atoms with Crippen LogP contribution in [0.25, 0.3) is 10.9 Å². The molecular weight excluding hydrogens is 588 g/mol. The Kier molecular flexibility index (Phi) is 6.48. The highest BCUT2D eigenvalue weighted by atomic mass is 79.9. The highest BCUT2D eigenvalue weighted by Crippen LogP contribution is 2.43. The van der Waals surface area contributed by atoms with Crippen LogP contribution in [0, 0.1) is 11.6 Å². The van der Waals surface area contributed by atoms with Gasteiger partial charge in [0.2, 0.25) is 0 Å². The van der Waals surface area contributed by atoms with Crippen LogP contribution in [0.1, 0.15) is 38.7 Å². The fourth-order valence-corrected chi connectivity index (χ4v) is 7.90. The minimum Gasteiger partial charge on any atom is -0.461 e. The highest BCUT2D eigenvalue weighted by molar-refractivity contribution is 9.10. The monoisotopic (exact) mass is 621 g/mol. The van der Waals surface area contributed by atoms with Gasteiger partial charge in [-0.15, -0.1) is 0 Å². The third-order valence-corrected chi connectivity index (χ3v) is 10.2. The maximum Gasteiger partial charge on any atom is 0.319 e. The second-order valence-electron chi connectivity index (χ2n) is 12.4. The Bertz CT molecular complexity index is 1550. The first-order chi connectivity index (χ1) is 19.7. The molecule has 2 bridgehead atoms. The number of benzene rings is 2. The molecular formula is C32H34BrF2N5O. The van der Waals surface area contributed by atoms with Crippen molar-refractivity contribution >= 4 is 32.7 Å². The number of piperazine rings is 1. The Morgan fingerprint density at radius 2 is 1.85 bits per heavy atom. The van der Waals surface area contributed by atoms with Gasteiger partial charge in [0.25, 0.3) is 0 Å². The molecule has 0 saturated carbocycles. The maximum atomic E-state index is 15.5. The molecule has 9 heteroatoms. The number of anilines is 1. The number of hydrogen-bond acceptors (Lipinski definition) is 6. The molecule has 41 heavy (non-hydrogen) atoms. The summed E-state index contributed by atoms with van der Waals surface area (Å²) in [7, 11) is 0. The lowest BCUT2D eigenvalue weighted by atomic mass is 9.89. The second kappa shape index (κ2) is 9.85. The van der Waals surface area contributed by atoms with Crippen LogP contribution in [-0.4, -0.2) is 70.2 Å². The molecule has 0 aliphatic carbocycles. The lowest BCUT2D eigenvalue weighted by molar-refractivity contribution is 0.0590. The molecule has 0 radical (unpaired) electrons. The summed E-state index contributed by atoms with van der Waals surface area (Å²) in [6, 6.07) is 12.2. The van der Waals surface area contributed by atoms with Crippen molar-refractivity contribution in [1.29, 1.82) is 0 Å². The predicted molar refractivity (Wildman–Crippen MR) is 160 cm³/mol. The minimum absolute atomic E-state index is 0.0576. The van der Waals surface area contributed by atoms with Crippen molar-refractivity contribution in [2.75, 3.05) is 37.7 Å². The fraction of sp³-hybridized carbons (Fsp3) is 0.438. The fourth-order valence-electron chi connectivity index (χ4n) is 7.60. The van der Waals surface area contributed by atoms with Crippen LogP contribution < -0.4 is 9.64 Å². The summed E-state index contributed by atoms with van der Waals surface area (Å²) in [5, 5.41) is 0.348. The van der Waals surface area contributed by atoms with Crippen molar-refractivity contribution in [2.24, 2.45) is 0 Å². The zero-order valence-electron chi connectivity index (χ0n) is 23.4. The van der Waals surface area contributed by atoms with E-state index >= 15 is 4.39 Å². The van der Waals surface area contributed by atoms with Gasteiger partial charge in [-0.25, -0.2) is 8.78 Å². The second-order valence-corrected chi connectivity index (χ2v) is 13.2. The molecule has 3 aromatic rings. The number of ether oxygens (including phenoxy) is 1. The van der Waals surface area contributed by atoms with Crippen LogP contribution in [0.15, 0.2) is 65.2 Å². The molecule has 0 amide bonds. The largest absolute Gasteiger partial charge is 0.461 e. The molecule has 4 aliphatic rings. The number of halogens is 3. The minimum atomic E-state index is -0.742. The van der Waals surface area contributed by atoms with Crippen molar-refractivity contribution in [3.05, 3.63) is 82.4 Å². The molecule has 3 unspecified atom stereocenters. The van der Waals surface area contributed by atoms with E-state index in [0.29, 0.717) is 30.9 Å².